The third-order valence-corrected chi connectivity index (χ3v) is 1.24. The van der Waals surface area contributed by atoms with Crippen LogP contribution in [0, 0.1) is 0 Å². The number of carbonyl (C=O) groups excluding carboxylic acids is 1. The van der Waals surface area contributed by atoms with Gasteiger partial charge >= 0.3 is 0 Å². The quantitative estimate of drug-likeness (QED) is 0.281. The second kappa shape index (κ2) is 4.25. The van der Waals surface area contributed by atoms with E-state index in [1.807, 2.05) is 11.5 Å². The van der Waals surface area contributed by atoms with Gasteiger partial charge in [-0.3, -0.25) is 15.2 Å². The molecule has 0 saturated heterocycles. The standard InChI is InChI=1S/C8H9N3O/c9-11-8(12)5-4-7-3-1-2-6-10-7/h1-6H,9H2,(H,11,12)/b5-4+. The summed E-state index contributed by atoms with van der Waals surface area (Å²) >= 11 is 0. The SMILES string of the molecule is NNC(=O)/C=C/c1ccccn1. The molecule has 0 fully saturated rings. The second-order valence-electron chi connectivity index (χ2n) is 2.10. The van der Waals surface area contributed by atoms with Crippen LogP contribution in [0.2, 0.25) is 0 Å². The number of aromatic nitrogens is 1. The molecule has 0 atom stereocenters. The van der Waals surface area contributed by atoms with E-state index in [9.17, 15) is 4.79 Å². The molecule has 0 aliphatic heterocycles. The highest BCUT2D eigenvalue weighted by Gasteiger charge is 1.89. The van der Waals surface area contributed by atoms with Crippen molar-refractivity contribution in [1.29, 1.82) is 0 Å². The molecule has 1 heterocycles. The van der Waals surface area contributed by atoms with Crippen molar-refractivity contribution >= 4 is 12.0 Å². The van der Waals surface area contributed by atoms with Gasteiger partial charge in [0.05, 0.1) is 5.69 Å². The van der Waals surface area contributed by atoms with E-state index in [-0.39, 0.29) is 5.91 Å². The van der Waals surface area contributed by atoms with Crippen LogP contribution in [0.1, 0.15) is 5.69 Å². The predicted molar refractivity (Wildman–Crippen MR) is 45.6 cm³/mol. The fourth-order valence-electron chi connectivity index (χ4n) is 0.684. The van der Waals surface area contributed by atoms with Crippen molar-refractivity contribution in [3.8, 4) is 0 Å². The van der Waals surface area contributed by atoms with Crippen molar-refractivity contribution in [2.45, 2.75) is 0 Å². The second-order valence-corrected chi connectivity index (χ2v) is 2.10. The highest BCUT2D eigenvalue weighted by atomic mass is 16.2. The Labute approximate surface area is 70.1 Å². The summed E-state index contributed by atoms with van der Waals surface area (Å²) in [6, 6.07) is 5.44. The molecule has 0 aliphatic carbocycles. The normalized spacial score (nSPS) is 10.1. The lowest BCUT2D eigenvalue weighted by Gasteiger charge is -1.90. The molecule has 0 aliphatic rings. The predicted octanol–water partition coefficient (Wildman–Crippen LogP) is 0.0847. The van der Waals surface area contributed by atoms with Gasteiger partial charge in [-0.1, -0.05) is 6.07 Å². The number of nitrogens with zero attached hydrogens (tertiary/aromatic N) is 1. The van der Waals surface area contributed by atoms with Gasteiger partial charge in [0, 0.05) is 12.3 Å². The van der Waals surface area contributed by atoms with Gasteiger partial charge in [-0.25, -0.2) is 5.84 Å². The number of nitrogens with two attached hydrogens (primary N) is 1. The molecule has 1 aromatic rings. The third kappa shape index (κ3) is 2.51. The Morgan fingerprint density at radius 2 is 2.42 bits per heavy atom. The highest BCUT2D eigenvalue weighted by Crippen LogP contribution is 1.95. The Bertz CT molecular complexity index is 282. The highest BCUT2D eigenvalue weighted by molar-refractivity contribution is 5.90. The van der Waals surface area contributed by atoms with Crippen LogP contribution in [0.25, 0.3) is 6.08 Å². The van der Waals surface area contributed by atoms with Gasteiger partial charge < -0.3 is 0 Å². The number of hydrogen-bond acceptors (Lipinski definition) is 3. The number of rotatable bonds is 2. The summed E-state index contributed by atoms with van der Waals surface area (Å²) < 4.78 is 0. The van der Waals surface area contributed by atoms with Crippen LogP contribution in [0.3, 0.4) is 0 Å². The van der Waals surface area contributed by atoms with E-state index in [4.69, 9.17) is 5.84 Å². The Hall–Kier alpha value is -1.68. The van der Waals surface area contributed by atoms with Crippen molar-refractivity contribution in [2.75, 3.05) is 0 Å². The number of amides is 1. The first-order valence-corrected chi connectivity index (χ1v) is 3.42. The molecule has 0 bridgehead atoms. The molecular formula is C8H9N3O. The van der Waals surface area contributed by atoms with Gasteiger partial charge in [0.25, 0.3) is 5.91 Å². The first-order chi connectivity index (χ1) is 5.83. The first-order valence-electron chi connectivity index (χ1n) is 3.42. The van der Waals surface area contributed by atoms with Crippen molar-refractivity contribution in [3.05, 3.63) is 36.2 Å². The van der Waals surface area contributed by atoms with Gasteiger partial charge in [-0.15, -0.1) is 0 Å². The van der Waals surface area contributed by atoms with Gasteiger partial charge in [0.15, 0.2) is 0 Å². The summed E-state index contributed by atoms with van der Waals surface area (Å²) in [7, 11) is 0. The van der Waals surface area contributed by atoms with E-state index in [1.165, 1.54) is 6.08 Å². The number of hydrazine groups is 1. The summed E-state index contributed by atoms with van der Waals surface area (Å²) in [6.07, 6.45) is 4.56. The average Bonchev–Trinajstić information content (AvgIpc) is 2.16. The van der Waals surface area contributed by atoms with Crippen molar-refractivity contribution < 1.29 is 4.79 Å². The topological polar surface area (TPSA) is 68.0 Å². The Morgan fingerprint density at radius 1 is 1.58 bits per heavy atom. The van der Waals surface area contributed by atoms with Crippen LogP contribution in [0.5, 0.6) is 0 Å². The van der Waals surface area contributed by atoms with Crippen molar-refractivity contribution in [1.82, 2.24) is 10.4 Å². The fraction of sp³-hybridized carbons (Fsp3) is 0. The lowest BCUT2D eigenvalue weighted by molar-refractivity contribution is -0.116. The average molecular weight is 163 g/mol. The molecule has 0 radical (unpaired) electrons. The van der Waals surface area contributed by atoms with Crippen LogP contribution in [-0.4, -0.2) is 10.9 Å². The summed E-state index contributed by atoms with van der Waals surface area (Å²) in [4.78, 5) is 14.6. The summed E-state index contributed by atoms with van der Waals surface area (Å²) in [5.41, 5.74) is 2.70. The smallest absolute Gasteiger partial charge is 0.257 e. The Balaban J connectivity index is 2.64. The maximum atomic E-state index is 10.6. The van der Waals surface area contributed by atoms with Crippen LogP contribution in [0.4, 0.5) is 0 Å². The summed E-state index contributed by atoms with van der Waals surface area (Å²) in [5, 5.41) is 0. The molecule has 1 rings (SSSR count). The molecule has 3 N–H and O–H groups in total. The van der Waals surface area contributed by atoms with Crippen LogP contribution in [0.15, 0.2) is 30.5 Å². The van der Waals surface area contributed by atoms with E-state index in [1.54, 1.807) is 24.4 Å². The zero-order valence-electron chi connectivity index (χ0n) is 6.40. The summed E-state index contributed by atoms with van der Waals surface area (Å²) in [6.45, 7) is 0. The molecule has 0 spiro atoms. The minimum atomic E-state index is -0.347. The van der Waals surface area contributed by atoms with E-state index in [0.29, 0.717) is 0 Å². The van der Waals surface area contributed by atoms with E-state index in [0.717, 1.165) is 5.69 Å². The largest absolute Gasteiger partial charge is 0.291 e. The van der Waals surface area contributed by atoms with Gasteiger partial charge in [0.1, 0.15) is 0 Å². The van der Waals surface area contributed by atoms with E-state index in [2.05, 4.69) is 4.98 Å². The molecule has 62 valence electrons. The maximum Gasteiger partial charge on any atom is 0.257 e. The van der Waals surface area contributed by atoms with Crippen LogP contribution >= 0.6 is 0 Å². The molecule has 4 heteroatoms. The molecule has 1 aromatic heterocycles. The molecule has 0 unspecified atom stereocenters. The lowest BCUT2D eigenvalue weighted by atomic mass is 10.3. The molecule has 4 nitrogen and oxygen atoms in total. The van der Waals surface area contributed by atoms with Gasteiger partial charge in [-0.05, 0) is 18.2 Å². The van der Waals surface area contributed by atoms with Crippen LogP contribution < -0.4 is 11.3 Å². The fourth-order valence-corrected chi connectivity index (χ4v) is 0.684. The first kappa shape index (κ1) is 8.42. The Morgan fingerprint density at radius 3 is 3.00 bits per heavy atom. The molecule has 0 saturated carbocycles. The van der Waals surface area contributed by atoms with Gasteiger partial charge in [-0.2, -0.15) is 0 Å². The molecule has 0 aromatic carbocycles. The number of pyridine rings is 1. The molecular weight excluding hydrogens is 154 g/mol. The van der Waals surface area contributed by atoms with Crippen LogP contribution in [-0.2, 0) is 4.79 Å². The molecule has 12 heavy (non-hydrogen) atoms. The minimum absolute atomic E-state index is 0.347. The zero-order valence-corrected chi connectivity index (χ0v) is 6.40. The number of nitrogens with one attached hydrogen (secondary N) is 1. The number of hydrogen-bond donors (Lipinski definition) is 2. The van der Waals surface area contributed by atoms with Crippen molar-refractivity contribution in [2.24, 2.45) is 5.84 Å². The summed E-state index contributed by atoms with van der Waals surface area (Å²) in [5.74, 6) is 4.52. The number of carbonyl (C=O) groups is 1. The Kier molecular flexibility index (Phi) is 2.98. The van der Waals surface area contributed by atoms with E-state index >= 15 is 0 Å². The minimum Gasteiger partial charge on any atom is -0.291 e. The lowest BCUT2D eigenvalue weighted by Crippen LogP contribution is -2.27. The maximum absolute atomic E-state index is 10.6. The molecule has 1 amide bonds. The van der Waals surface area contributed by atoms with Gasteiger partial charge in [0.2, 0.25) is 0 Å². The zero-order chi connectivity index (χ0) is 8.81. The van der Waals surface area contributed by atoms with Crippen molar-refractivity contribution in [3.63, 3.8) is 0 Å². The van der Waals surface area contributed by atoms with E-state index < -0.39 is 0 Å². The third-order valence-electron chi connectivity index (χ3n) is 1.24. The monoisotopic (exact) mass is 163 g/mol.